The van der Waals surface area contributed by atoms with Gasteiger partial charge >= 0.3 is 5.97 Å². The zero-order valence-corrected chi connectivity index (χ0v) is 12.3. The summed E-state index contributed by atoms with van der Waals surface area (Å²) >= 11 is 0. The van der Waals surface area contributed by atoms with Crippen LogP contribution in [0.2, 0.25) is 0 Å². The number of nitrogens with zero attached hydrogens (tertiary/aromatic N) is 1. The molecule has 112 valence electrons. The Morgan fingerprint density at radius 3 is 2.33 bits per heavy atom. The lowest BCUT2D eigenvalue weighted by atomic mass is 9.97. The van der Waals surface area contributed by atoms with Crippen molar-refractivity contribution in [3.8, 4) is 0 Å². The van der Waals surface area contributed by atoms with Crippen LogP contribution < -0.4 is 5.32 Å². The van der Waals surface area contributed by atoms with E-state index in [1.807, 2.05) is 32.9 Å². The minimum Gasteiger partial charge on any atom is -0.480 e. The van der Waals surface area contributed by atoms with E-state index >= 15 is 0 Å². The lowest BCUT2D eigenvalue weighted by Crippen LogP contribution is -2.59. The molecule has 21 heavy (non-hydrogen) atoms. The smallest absolute Gasteiger partial charge is 0.328 e. The fraction of sp³-hybridized carbons (Fsp3) is 0.400. The average Bonchev–Trinajstić information content (AvgIpc) is 2.36. The van der Waals surface area contributed by atoms with Gasteiger partial charge in [0, 0.05) is 12.1 Å². The molecule has 1 aliphatic rings. The predicted molar refractivity (Wildman–Crippen MR) is 76.1 cm³/mol. The number of carbonyl (C=O) groups is 3. The van der Waals surface area contributed by atoms with E-state index < -0.39 is 17.9 Å². The number of carboxylic acid groups (broad SMARTS) is 1. The van der Waals surface area contributed by atoms with Gasteiger partial charge in [0.15, 0.2) is 0 Å². The Hall–Kier alpha value is -2.37. The summed E-state index contributed by atoms with van der Waals surface area (Å²) in [6.07, 6.45) is 0. The van der Waals surface area contributed by atoms with Gasteiger partial charge in [-0.3, -0.25) is 9.59 Å². The van der Waals surface area contributed by atoms with Crippen LogP contribution in [0.15, 0.2) is 12.1 Å². The number of nitrogens with one attached hydrogen (secondary N) is 1. The van der Waals surface area contributed by atoms with Crippen molar-refractivity contribution in [2.75, 3.05) is 13.1 Å². The summed E-state index contributed by atoms with van der Waals surface area (Å²) < 4.78 is 0. The lowest BCUT2D eigenvalue weighted by Gasteiger charge is -2.33. The van der Waals surface area contributed by atoms with E-state index in [2.05, 4.69) is 5.32 Å². The molecule has 0 aliphatic carbocycles. The number of amides is 2. The Kier molecular flexibility index (Phi) is 3.97. The number of rotatable bonds is 2. The van der Waals surface area contributed by atoms with Gasteiger partial charge in [-0.15, -0.1) is 0 Å². The van der Waals surface area contributed by atoms with Crippen LogP contribution in [0.3, 0.4) is 0 Å². The van der Waals surface area contributed by atoms with Crippen molar-refractivity contribution in [3.63, 3.8) is 0 Å². The second kappa shape index (κ2) is 5.55. The molecule has 0 spiro atoms. The molecule has 1 aromatic carbocycles. The molecule has 0 aromatic heterocycles. The molecule has 0 saturated carbocycles. The van der Waals surface area contributed by atoms with Gasteiger partial charge in [0.25, 0.3) is 5.91 Å². The predicted octanol–water partition coefficient (Wildman–Crippen LogP) is 0.637. The van der Waals surface area contributed by atoms with E-state index in [4.69, 9.17) is 0 Å². The summed E-state index contributed by atoms with van der Waals surface area (Å²) in [4.78, 5) is 36.6. The maximum absolute atomic E-state index is 12.7. The molecule has 1 fully saturated rings. The molecular formula is C15H18N2O4. The monoisotopic (exact) mass is 290 g/mol. The van der Waals surface area contributed by atoms with Gasteiger partial charge in [0.1, 0.15) is 12.6 Å². The second-order valence-electron chi connectivity index (χ2n) is 5.36. The van der Waals surface area contributed by atoms with Crippen LogP contribution in [0.4, 0.5) is 0 Å². The van der Waals surface area contributed by atoms with Crippen molar-refractivity contribution >= 4 is 17.8 Å². The molecule has 0 bridgehead atoms. The number of aliphatic carboxylic acids is 1. The normalized spacial score (nSPS) is 18.3. The van der Waals surface area contributed by atoms with E-state index in [1.165, 1.54) is 0 Å². The summed E-state index contributed by atoms with van der Waals surface area (Å²) in [6, 6.07) is 2.72. The molecule has 6 nitrogen and oxygen atoms in total. The molecule has 0 radical (unpaired) electrons. The summed E-state index contributed by atoms with van der Waals surface area (Å²) in [6.45, 7) is 5.26. The van der Waals surface area contributed by atoms with Gasteiger partial charge < -0.3 is 15.3 Å². The minimum atomic E-state index is -1.12. The number of hydrogen-bond donors (Lipinski definition) is 2. The third-order valence-corrected chi connectivity index (χ3v) is 3.62. The van der Waals surface area contributed by atoms with Crippen LogP contribution in [0.1, 0.15) is 27.0 Å². The maximum atomic E-state index is 12.7. The Labute approximate surface area is 122 Å². The van der Waals surface area contributed by atoms with E-state index in [0.29, 0.717) is 5.56 Å². The lowest BCUT2D eigenvalue weighted by molar-refractivity contribution is -0.144. The number of benzene rings is 1. The first-order valence-electron chi connectivity index (χ1n) is 6.69. The van der Waals surface area contributed by atoms with Gasteiger partial charge in [0.2, 0.25) is 5.91 Å². The van der Waals surface area contributed by atoms with Crippen LogP contribution in [0, 0.1) is 20.8 Å². The molecule has 1 unspecified atom stereocenters. The number of aryl methyl sites for hydroxylation is 3. The van der Waals surface area contributed by atoms with E-state index in [-0.39, 0.29) is 19.0 Å². The van der Waals surface area contributed by atoms with Crippen molar-refractivity contribution in [2.45, 2.75) is 26.8 Å². The second-order valence-corrected chi connectivity index (χ2v) is 5.36. The fourth-order valence-corrected chi connectivity index (χ4v) is 2.74. The highest BCUT2D eigenvalue weighted by atomic mass is 16.4. The fourth-order valence-electron chi connectivity index (χ4n) is 2.74. The third kappa shape index (κ3) is 2.89. The molecule has 1 atom stereocenters. The van der Waals surface area contributed by atoms with E-state index in [1.54, 1.807) is 0 Å². The molecule has 2 N–H and O–H groups in total. The number of carboxylic acids is 1. The molecule has 2 amide bonds. The molecule has 1 heterocycles. The Balaban J connectivity index is 2.41. The van der Waals surface area contributed by atoms with Crippen LogP contribution in [-0.4, -0.2) is 46.9 Å². The maximum Gasteiger partial charge on any atom is 0.328 e. The molecule has 1 aromatic rings. The highest BCUT2D eigenvalue weighted by molar-refractivity contribution is 6.01. The Morgan fingerprint density at radius 1 is 1.24 bits per heavy atom. The van der Waals surface area contributed by atoms with Gasteiger partial charge in [-0.2, -0.15) is 0 Å². The number of carbonyl (C=O) groups excluding carboxylic acids is 2. The van der Waals surface area contributed by atoms with Crippen molar-refractivity contribution < 1.29 is 19.5 Å². The van der Waals surface area contributed by atoms with Crippen molar-refractivity contribution in [2.24, 2.45) is 0 Å². The summed E-state index contributed by atoms with van der Waals surface area (Å²) in [5.41, 5.74) is 3.08. The molecule has 1 saturated heterocycles. The highest BCUT2D eigenvalue weighted by Crippen LogP contribution is 2.20. The van der Waals surface area contributed by atoms with E-state index in [9.17, 15) is 19.5 Å². The first-order valence-corrected chi connectivity index (χ1v) is 6.69. The van der Waals surface area contributed by atoms with Crippen LogP contribution in [0.25, 0.3) is 0 Å². The topological polar surface area (TPSA) is 86.7 Å². The molecule has 6 heteroatoms. The van der Waals surface area contributed by atoms with Crippen molar-refractivity contribution in [1.29, 1.82) is 0 Å². The Bertz CT molecular complexity index is 601. The molecular weight excluding hydrogens is 272 g/mol. The van der Waals surface area contributed by atoms with Gasteiger partial charge in [-0.25, -0.2) is 4.79 Å². The first-order chi connectivity index (χ1) is 9.81. The highest BCUT2D eigenvalue weighted by Gasteiger charge is 2.36. The van der Waals surface area contributed by atoms with Gasteiger partial charge in [-0.05, 0) is 31.9 Å². The largest absolute Gasteiger partial charge is 0.480 e. The van der Waals surface area contributed by atoms with Crippen molar-refractivity contribution in [3.05, 3.63) is 34.4 Å². The van der Waals surface area contributed by atoms with E-state index in [0.717, 1.165) is 21.6 Å². The summed E-state index contributed by atoms with van der Waals surface area (Å²) in [5.74, 6) is -1.87. The van der Waals surface area contributed by atoms with Crippen LogP contribution in [-0.2, 0) is 9.59 Å². The molecule has 1 aliphatic heterocycles. The first kappa shape index (κ1) is 15.0. The zero-order chi connectivity index (χ0) is 15.7. The van der Waals surface area contributed by atoms with Crippen LogP contribution >= 0.6 is 0 Å². The number of piperazine rings is 1. The van der Waals surface area contributed by atoms with Gasteiger partial charge in [-0.1, -0.05) is 17.7 Å². The van der Waals surface area contributed by atoms with Gasteiger partial charge in [0.05, 0.1) is 0 Å². The Morgan fingerprint density at radius 2 is 1.81 bits per heavy atom. The average molecular weight is 290 g/mol. The molecule has 2 rings (SSSR count). The van der Waals surface area contributed by atoms with Crippen LogP contribution in [0.5, 0.6) is 0 Å². The standard InChI is InChI=1S/C15H18N2O4/c1-8-4-9(2)13(10(3)5-8)14(19)17-7-12(18)16-6-11(17)15(20)21/h4-5,11H,6-7H2,1-3H3,(H,16,18)(H,20,21). The quantitative estimate of drug-likeness (QED) is 0.836. The summed E-state index contributed by atoms with van der Waals surface area (Å²) in [7, 11) is 0. The SMILES string of the molecule is Cc1cc(C)c(C(=O)N2CC(=O)NCC2C(=O)O)c(C)c1. The minimum absolute atomic E-state index is 0.0656. The third-order valence-electron chi connectivity index (χ3n) is 3.62. The van der Waals surface area contributed by atoms with Crippen molar-refractivity contribution in [1.82, 2.24) is 10.2 Å². The zero-order valence-electron chi connectivity index (χ0n) is 12.3. The number of hydrogen-bond acceptors (Lipinski definition) is 3. The summed E-state index contributed by atoms with van der Waals surface area (Å²) in [5, 5.41) is 11.7.